The Balaban J connectivity index is 1.58. The van der Waals surface area contributed by atoms with Crippen LogP contribution in [-0.2, 0) is 4.84 Å². The van der Waals surface area contributed by atoms with Crippen molar-refractivity contribution in [1.82, 2.24) is 19.9 Å². The summed E-state index contributed by atoms with van der Waals surface area (Å²) in [6.07, 6.45) is 0. The summed E-state index contributed by atoms with van der Waals surface area (Å²) in [6.45, 7) is 0. The highest BCUT2D eigenvalue weighted by Gasteiger charge is 2.25. The highest BCUT2D eigenvalue weighted by atomic mass is 16.7. The molecule has 45 heavy (non-hydrogen) atoms. The Morgan fingerprint density at radius 3 is 1.33 bits per heavy atom. The van der Waals surface area contributed by atoms with Crippen LogP contribution in [0.5, 0.6) is 47.0 Å². The summed E-state index contributed by atoms with van der Waals surface area (Å²) in [7, 11) is 5.72. The molecule has 0 aliphatic heterocycles. The molecule has 0 aliphatic rings. The molecule has 0 bridgehead atoms. The average Bonchev–Trinajstić information content (AvgIpc) is 3.08. The third-order valence-electron chi connectivity index (χ3n) is 6.06. The highest BCUT2D eigenvalue weighted by molar-refractivity contribution is 6.13. The number of oxime groups is 1. The quantitative estimate of drug-likeness (QED) is 0.100. The number of hydrogen-bond acceptors (Lipinski definition) is 13. The van der Waals surface area contributed by atoms with Crippen molar-refractivity contribution in [2.75, 3.05) is 28.4 Å². The number of aromatic nitrogens is 4. The fraction of sp³-hybridized carbons (Fsp3) is 0.125. The van der Waals surface area contributed by atoms with Crippen LogP contribution in [0.15, 0.2) is 96.2 Å². The molecule has 5 aromatic rings. The number of ether oxygens (including phenoxy) is 6. The van der Waals surface area contributed by atoms with E-state index in [4.69, 9.17) is 33.3 Å². The summed E-state index contributed by atoms with van der Waals surface area (Å²) >= 11 is 0. The van der Waals surface area contributed by atoms with Crippen LogP contribution >= 0.6 is 0 Å². The van der Waals surface area contributed by atoms with Gasteiger partial charge < -0.3 is 33.3 Å². The van der Waals surface area contributed by atoms with E-state index in [1.54, 1.807) is 6.07 Å². The Kier molecular flexibility index (Phi) is 9.60. The van der Waals surface area contributed by atoms with E-state index < -0.39 is 5.97 Å². The Morgan fingerprint density at radius 1 is 0.556 bits per heavy atom. The van der Waals surface area contributed by atoms with E-state index in [1.165, 1.54) is 52.7 Å². The van der Waals surface area contributed by atoms with Crippen LogP contribution in [0.3, 0.4) is 0 Å². The molecule has 228 valence electrons. The van der Waals surface area contributed by atoms with Gasteiger partial charge in [-0.05, 0) is 12.1 Å². The van der Waals surface area contributed by atoms with Gasteiger partial charge in [-0.1, -0.05) is 71.9 Å². The molecule has 0 saturated carbocycles. The van der Waals surface area contributed by atoms with E-state index in [1.807, 2.05) is 60.7 Å². The first-order valence-corrected chi connectivity index (χ1v) is 13.3. The predicted molar refractivity (Wildman–Crippen MR) is 161 cm³/mol. The van der Waals surface area contributed by atoms with Crippen LogP contribution in [0.1, 0.15) is 21.5 Å². The molecule has 13 heteroatoms. The third-order valence-corrected chi connectivity index (χ3v) is 6.06. The van der Waals surface area contributed by atoms with Crippen molar-refractivity contribution in [1.29, 1.82) is 0 Å². The van der Waals surface area contributed by atoms with Crippen LogP contribution in [0, 0.1) is 0 Å². The van der Waals surface area contributed by atoms with Crippen LogP contribution in [0.25, 0.3) is 0 Å². The van der Waals surface area contributed by atoms with E-state index in [-0.39, 0.29) is 52.6 Å². The first-order valence-electron chi connectivity index (χ1n) is 13.3. The second kappa shape index (κ2) is 14.3. The van der Waals surface area contributed by atoms with Gasteiger partial charge in [0.05, 0.1) is 40.6 Å². The summed E-state index contributed by atoms with van der Waals surface area (Å²) < 4.78 is 32.8. The molecule has 2 aromatic heterocycles. The maximum Gasteiger partial charge on any atom is 0.373 e. The van der Waals surface area contributed by atoms with Crippen molar-refractivity contribution in [3.8, 4) is 47.0 Å². The fourth-order valence-electron chi connectivity index (χ4n) is 3.95. The number of rotatable bonds is 12. The second-order valence-electron chi connectivity index (χ2n) is 8.85. The van der Waals surface area contributed by atoms with Gasteiger partial charge in [-0.15, -0.1) is 0 Å². The second-order valence-corrected chi connectivity index (χ2v) is 8.85. The Labute approximate surface area is 258 Å². The summed E-state index contributed by atoms with van der Waals surface area (Å²) in [4.78, 5) is 36.2. The number of nitrogens with zero attached hydrogens (tertiary/aromatic N) is 5. The van der Waals surface area contributed by atoms with Crippen molar-refractivity contribution in [2.24, 2.45) is 5.16 Å². The van der Waals surface area contributed by atoms with Gasteiger partial charge in [0.2, 0.25) is 23.5 Å². The third kappa shape index (κ3) is 7.40. The molecule has 0 fully saturated rings. The van der Waals surface area contributed by atoms with Gasteiger partial charge in [-0.2, -0.15) is 19.9 Å². The number of benzene rings is 3. The molecule has 5 rings (SSSR count). The molecule has 0 radical (unpaired) electrons. The Morgan fingerprint density at radius 2 is 0.956 bits per heavy atom. The standard InChI is InChI=1S/C32H27N5O8/c1-39-24-18-25(40-2)34-31(33-24)43-22-16-11-17-23(44-32-35-26(41-3)19-27(36-32)42-4)28(22)30(38)45-37-29(20-12-7-5-8-13-20)21-14-9-6-10-15-21/h5-19H,1-4H3. The molecule has 0 saturated heterocycles. The van der Waals surface area contributed by atoms with E-state index in [2.05, 4.69) is 25.1 Å². The lowest BCUT2D eigenvalue weighted by Gasteiger charge is -2.14. The number of hydrogen-bond donors (Lipinski definition) is 0. The van der Waals surface area contributed by atoms with Gasteiger partial charge in [0, 0.05) is 11.1 Å². The summed E-state index contributed by atoms with van der Waals surface area (Å²) in [6, 6.07) is 25.8. The van der Waals surface area contributed by atoms with Crippen molar-refractivity contribution >= 4 is 11.7 Å². The molecule has 0 unspecified atom stereocenters. The first-order chi connectivity index (χ1) is 22.0. The normalized spacial score (nSPS) is 10.3. The lowest BCUT2D eigenvalue weighted by molar-refractivity contribution is 0.0511. The smallest absolute Gasteiger partial charge is 0.373 e. The van der Waals surface area contributed by atoms with Crippen LogP contribution in [0.2, 0.25) is 0 Å². The average molecular weight is 610 g/mol. The molecule has 0 aliphatic carbocycles. The van der Waals surface area contributed by atoms with Crippen LogP contribution in [0.4, 0.5) is 0 Å². The molecule has 0 amide bonds. The Bertz CT molecular complexity index is 1640. The minimum absolute atomic E-state index is 0.0289. The van der Waals surface area contributed by atoms with E-state index in [0.29, 0.717) is 5.71 Å². The molecule has 2 heterocycles. The summed E-state index contributed by atoms with van der Waals surface area (Å²) in [5, 5.41) is 4.26. The van der Waals surface area contributed by atoms with Crippen molar-refractivity contribution < 1.29 is 38.1 Å². The van der Waals surface area contributed by atoms with Crippen molar-refractivity contribution in [3.05, 3.63) is 108 Å². The minimum Gasteiger partial charge on any atom is -0.481 e. The fourth-order valence-corrected chi connectivity index (χ4v) is 3.95. The van der Waals surface area contributed by atoms with Gasteiger partial charge >= 0.3 is 18.0 Å². The van der Waals surface area contributed by atoms with Crippen LogP contribution in [-0.4, -0.2) is 60.1 Å². The number of carbonyl (C=O) groups excluding carboxylic acids is 1. The molecule has 0 atom stereocenters. The largest absolute Gasteiger partial charge is 0.481 e. The summed E-state index contributed by atoms with van der Waals surface area (Å²) in [5.74, 6) is -0.293. The topological polar surface area (TPSA) is 146 Å². The molecular formula is C32H27N5O8. The first kappa shape index (κ1) is 30.2. The minimum atomic E-state index is -0.922. The monoisotopic (exact) mass is 609 g/mol. The molecular weight excluding hydrogens is 582 g/mol. The zero-order valence-electron chi connectivity index (χ0n) is 24.7. The van der Waals surface area contributed by atoms with Gasteiger partial charge in [-0.3, -0.25) is 0 Å². The van der Waals surface area contributed by atoms with Gasteiger partial charge in [0.1, 0.15) is 22.8 Å². The molecule has 13 nitrogen and oxygen atoms in total. The van der Waals surface area contributed by atoms with Crippen molar-refractivity contribution in [2.45, 2.75) is 0 Å². The van der Waals surface area contributed by atoms with Gasteiger partial charge in [0.15, 0.2) is 0 Å². The van der Waals surface area contributed by atoms with Gasteiger partial charge in [-0.25, -0.2) is 4.79 Å². The lowest BCUT2D eigenvalue weighted by atomic mass is 10.0. The SMILES string of the molecule is COc1cc(OC)nc(Oc2cccc(Oc3nc(OC)cc(OC)n3)c2C(=O)ON=C(c2ccccc2)c2ccccc2)n1. The van der Waals surface area contributed by atoms with Gasteiger partial charge in [0.25, 0.3) is 0 Å². The van der Waals surface area contributed by atoms with Crippen LogP contribution < -0.4 is 28.4 Å². The van der Waals surface area contributed by atoms with E-state index in [0.717, 1.165) is 11.1 Å². The molecule has 3 aromatic carbocycles. The zero-order valence-corrected chi connectivity index (χ0v) is 24.7. The lowest BCUT2D eigenvalue weighted by Crippen LogP contribution is -2.10. The number of methoxy groups -OCH3 is 4. The maximum absolute atomic E-state index is 13.9. The Hall–Kier alpha value is -6.24. The van der Waals surface area contributed by atoms with E-state index in [9.17, 15) is 4.79 Å². The number of carbonyl (C=O) groups is 1. The summed E-state index contributed by atoms with van der Waals surface area (Å²) in [5.41, 5.74) is 1.71. The molecule has 0 N–H and O–H groups in total. The zero-order chi connectivity index (χ0) is 31.6. The van der Waals surface area contributed by atoms with Crippen molar-refractivity contribution in [3.63, 3.8) is 0 Å². The highest BCUT2D eigenvalue weighted by Crippen LogP contribution is 2.35. The predicted octanol–water partition coefficient (Wildman–Crippen LogP) is 5.50. The molecule has 0 spiro atoms. The maximum atomic E-state index is 13.9. The van der Waals surface area contributed by atoms with E-state index >= 15 is 0 Å².